The molecule has 1 fully saturated rings. The van der Waals surface area contributed by atoms with E-state index < -0.39 is 8.65 Å². The van der Waals surface area contributed by atoms with Gasteiger partial charge in [-0.1, -0.05) is 73.8 Å². The minimum Gasteiger partial charge on any atom is -0.299 e. The predicted octanol–water partition coefficient (Wildman–Crippen LogP) is 4.12. The number of ketones is 2. The molecule has 19 heavy (non-hydrogen) atoms. The molecule has 0 radical (unpaired) electrons. The molecule has 2 unspecified atom stereocenters. The van der Waals surface area contributed by atoms with Crippen molar-refractivity contribution in [3.8, 4) is 0 Å². The maximum atomic E-state index is 12.5. The number of Topliss-reactive ketones (excluding diaryl/α,β-unsaturated/α-hetero) is 1. The zero-order valence-electron chi connectivity index (χ0n) is 10.5. The van der Waals surface area contributed by atoms with Crippen molar-refractivity contribution in [2.24, 2.45) is 22.7 Å². The number of carbonyl (C=O) groups excluding carboxylic acids is 2. The van der Waals surface area contributed by atoms with Crippen LogP contribution in [0.2, 0.25) is 0 Å². The smallest absolute Gasteiger partial charge is 0.161 e. The molecular weight excluding hydrogens is 440 g/mol. The van der Waals surface area contributed by atoms with Gasteiger partial charge in [0.2, 0.25) is 0 Å². The molecule has 0 aromatic heterocycles. The number of carbonyl (C=O) groups is 2. The summed E-state index contributed by atoms with van der Waals surface area (Å²) in [7, 11) is 0. The molecule has 0 N–H and O–H groups in total. The number of hydrogen-bond acceptors (Lipinski definition) is 2. The Kier molecular flexibility index (Phi) is 2.93. The molecule has 1 saturated carbocycles. The van der Waals surface area contributed by atoms with Crippen molar-refractivity contribution in [2.45, 2.75) is 23.5 Å². The van der Waals surface area contributed by atoms with Gasteiger partial charge in [-0.25, -0.2) is 0 Å². The normalized spacial score (nSPS) is 47.1. The number of rotatable bonds is 0. The molecule has 4 bridgehead atoms. The lowest BCUT2D eigenvalue weighted by Gasteiger charge is -2.55. The summed E-state index contributed by atoms with van der Waals surface area (Å²) in [6, 6.07) is 0. The first kappa shape index (κ1) is 14.2. The van der Waals surface area contributed by atoms with Crippen LogP contribution in [-0.4, -0.2) is 14.8 Å². The van der Waals surface area contributed by atoms with Gasteiger partial charge in [-0.15, -0.1) is 0 Å². The molecular formula is C14H13Br3O2. The maximum absolute atomic E-state index is 12.5. The average molecular weight is 453 g/mol. The zero-order valence-corrected chi connectivity index (χ0v) is 15.3. The van der Waals surface area contributed by atoms with Crippen molar-refractivity contribution in [3.05, 3.63) is 22.7 Å². The first-order valence-corrected chi connectivity index (χ1v) is 8.53. The third-order valence-electron chi connectivity index (χ3n) is 5.09. The largest absolute Gasteiger partial charge is 0.299 e. The van der Waals surface area contributed by atoms with Gasteiger partial charge in [0, 0.05) is 16.3 Å². The number of halogens is 3. The van der Waals surface area contributed by atoms with E-state index in [2.05, 4.69) is 60.8 Å². The fourth-order valence-corrected chi connectivity index (χ4v) is 8.01. The van der Waals surface area contributed by atoms with Crippen molar-refractivity contribution in [2.75, 3.05) is 0 Å². The molecule has 0 aromatic carbocycles. The molecule has 4 rings (SSSR count). The van der Waals surface area contributed by atoms with Crippen LogP contribution in [0, 0.1) is 22.7 Å². The second-order valence-corrected chi connectivity index (χ2v) is 10.8. The highest BCUT2D eigenvalue weighted by Crippen LogP contribution is 2.68. The average Bonchev–Trinajstić information content (AvgIpc) is 2.30. The third kappa shape index (κ3) is 1.58. The molecule has 4 atom stereocenters. The Labute approximate surface area is 137 Å². The van der Waals surface area contributed by atoms with Crippen molar-refractivity contribution < 1.29 is 9.59 Å². The lowest BCUT2D eigenvalue weighted by atomic mass is 9.51. The van der Waals surface area contributed by atoms with Crippen LogP contribution >= 0.6 is 47.8 Å². The Balaban J connectivity index is 2.38. The molecule has 0 heterocycles. The number of hydrogen-bond donors (Lipinski definition) is 0. The summed E-state index contributed by atoms with van der Waals surface area (Å²) in [5.74, 6) is -0.357. The number of fused-ring (bicyclic) bond motifs is 1. The summed E-state index contributed by atoms with van der Waals surface area (Å²) < 4.78 is 0.151. The SMILES string of the molecule is CC12CC(=O)[C@H]3C(Br)=C[C@]1(C)C=CC(=O)C2C3(Br)Br. The van der Waals surface area contributed by atoms with E-state index in [1.165, 1.54) is 0 Å². The summed E-state index contributed by atoms with van der Waals surface area (Å²) in [4.78, 5) is 24.9. The predicted molar refractivity (Wildman–Crippen MR) is 84.6 cm³/mol. The molecule has 5 heteroatoms. The fraction of sp³-hybridized carbons (Fsp3) is 0.571. The van der Waals surface area contributed by atoms with Gasteiger partial charge in [-0.05, 0) is 11.5 Å². The Morgan fingerprint density at radius 1 is 1.26 bits per heavy atom. The summed E-state index contributed by atoms with van der Waals surface area (Å²) >= 11 is 10.8. The van der Waals surface area contributed by atoms with Gasteiger partial charge < -0.3 is 0 Å². The van der Waals surface area contributed by atoms with Crippen LogP contribution in [0.25, 0.3) is 0 Å². The van der Waals surface area contributed by atoms with E-state index >= 15 is 0 Å². The molecule has 0 aliphatic heterocycles. The second kappa shape index (κ2) is 3.92. The highest BCUT2D eigenvalue weighted by Gasteiger charge is 2.68. The van der Waals surface area contributed by atoms with E-state index in [1.807, 2.05) is 13.0 Å². The van der Waals surface area contributed by atoms with E-state index in [1.54, 1.807) is 6.08 Å². The third-order valence-corrected chi connectivity index (χ3v) is 7.61. The Bertz CT molecular complexity index is 563. The molecule has 2 nitrogen and oxygen atoms in total. The van der Waals surface area contributed by atoms with Crippen LogP contribution in [0.5, 0.6) is 0 Å². The van der Waals surface area contributed by atoms with Gasteiger partial charge >= 0.3 is 0 Å². The first-order valence-electron chi connectivity index (χ1n) is 6.15. The van der Waals surface area contributed by atoms with E-state index in [4.69, 9.17) is 0 Å². The number of alkyl halides is 2. The molecule has 0 aromatic rings. The van der Waals surface area contributed by atoms with Crippen LogP contribution < -0.4 is 0 Å². The lowest BCUT2D eigenvalue weighted by Crippen LogP contribution is -2.59. The van der Waals surface area contributed by atoms with E-state index in [-0.39, 0.29) is 28.8 Å². The van der Waals surface area contributed by atoms with Crippen LogP contribution in [0.4, 0.5) is 0 Å². The van der Waals surface area contributed by atoms with E-state index in [9.17, 15) is 9.59 Å². The monoisotopic (exact) mass is 450 g/mol. The highest BCUT2D eigenvalue weighted by molar-refractivity contribution is 9.25. The van der Waals surface area contributed by atoms with Crippen molar-refractivity contribution in [1.82, 2.24) is 0 Å². The molecule has 4 aliphatic rings. The zero-order chi connectivity index (χ0) is 14.2. The standard InChI is InChI=1S/C14H13Br3O2/c1-12-4-3-8(18)11-13(12,2)6-9(19)10(7(15)5-12)14(11,16)17/h3-5,10-11H,6H2,1-2H3/t10-,11?,12+,13?/m1/s1. The van der Waals surface area contributed by atoms with Crippen molar-refractivity contribution >= 4 is 59.4 Å². The van der Waals surface area contributed by atoms with Crippen LogP contribution in [0.3, 0.4) is 0 Å². The van der Waals surface area contributed by atoms with Gasteiger partial charge in [-0.3, -0.25) is 9.59 Å². The first-order chi connectivity index (χ1) is 8.63. The maximum Gasteiger partial charge on any atom is 0.161 e. The van der Waals surface area contributed by atoms with Gasteiger partial charge in [-0.2, -0.15) is 0 Å². The van der Waals surface area contributed by atoms with Crippen molar-refractivity contribution in [1.29, 1.82) is 0 Å². The fourth-order valence-electron chi connectivity index (χ4n) is 3.84. The molecule has 0 saturated heterocycles. The van der Waals surface area contributed by atoms with Gasteiger partial charge in [0.05, 0.1) is 11.8 Å². The van der Waals surface area contributed by atoms with E-state index in [0.717, 1.165) is 4.48 Å². The Hall–Kier alpha value is 0.260. The van der Waals surface area contributed by atoms with Crippen molar-refractivity contribution in [3.63, 3.8) is 0 Å². The Morgan fingerprint density at radius 3 is 2.53 bits per heavy atom. The minimum absolute atomic E-state index is 0.0850. The lowest BCUT2D eigenvalue weighted by molar-refractivity contribution is -0.138. The van der Waals surface area contributed by atoms with Crippen LogP contribution in [0.15, 0.2) is 22.7 Å². The van der Waals surface area contributed by atoms with E-state index in [0.29, 0.717) is 6.42 Å². The van der Waals surface area contributed by atoms with Gasteiger partial charge in [0.1, 0.15) is 9.02 Å². The minimum atomic E-state index is -0.709. The summed E-state index contributed by atoms with van der Waals surface area (Å²) in [5.41, 5.74) is -0.701. The summed E-state index contributed by atoms with van der Waals surface area (Å²) in [6.07, 6.45) is 6.14. The molecule has 4 aliphatic carbocycles. The summed E-state index contributed by atoms with van der Waals surface area (Å²) in [5, 5.41) is 0. The van der Waals surface area contributed by atoms with Crippen LogP contribution in [-0.2, 0) is 9.59 Å². The summed E-state index contributed by atoms with van der Waals surface area (Å²) in [6.45, 7) is 4.15. The quantitative estimate of drug-likeness (QED) is 0.518. The Morgan fingerprint density at radius 2 is 1.89 bits per heavy atom. The van der Waals surface area contributed by atoms with Gasteiger partial charge in [0.15, 0.2) is 5.78 Å². The second-order valence-electron chi connectivity index (χ2n) is 6.15. The highest BCUT2D eigenvalue weighted by atomic mass is 79.9. The molecule has 102 valence electrons. The molecule has 0 spiro atoms. The van der Waals surface area contributed by atoms with Gasteiger partial charge in [0.25, 0.3) is 0 Å². The number of allylic oxidation sites excluding steroid dienone is 4. The van der Waals surface area contributed by atoms with Crippen LogP contribution in [0.1, 0.15) is 20.3 Å². The topological polar surface area (TPSA) is 34.1 Å². The molecule has 0 amide bonds.